The monoisotopic (exact) mass is 242 g/mol. The van der Waals surface area contributed by atoms with Crippen LogP contribution >= 0.6 is 0 Å². The Balaban J connectivity index is 2.02. The minimum absolute atomic E-state index is 0.176. The van der Waals surface area contributed by atoms with Crippen LogP contribution in [0.15, 0.2) is 47.2 Å². The van der Waals surface area contributed by atoms with Crippen molar-refractivity contribution in [3.8, 4) is 0 Å². The molecule has 3 rings (SSSR count). The zero-order valence-electron chi connectivity index (χ0n) is 9.41. The molecule has 3 aromatic rings. The first-order valence-electron chi connectivity index (χ1n) is 5.46. The molecule has 5 nitrogen and oxygen atoms in total. The molecule has 0 unspecified atom stereocenters. The van der Waals surface area contributed by atoms with Gasteiger partial charge in [0, 0.05) is 5.39 Å². The van der Waals surface area contributed by atoms with Crippen LogP contribution in [-0.4, -0.2) is 20.9 Å². The number of aromatic nitrogens is 2. The summed E-state index contributed by atoms with van der Waals surface area (Å²) in [5.41, 5.74) is 1.12. The summed E-state index contributed by atoms with van der Waals surface area (Å²) in [6.07, 6.45) is 3.13. The quantitative estimate of drug-likeness (QED) is 0.765. The SMILES string of the molecule is O=C(O)c1ccoc1Cn1ncc2ccccc21. The van der Waals surface area contributed by atoms with Crippen molar-refractivity contribution in [1.82, 2.24) is 9.78 Å². The summed E-state index contributed by atoms with van der Waals surface area (Å²) in [4.78, 5) is 11.0. The maximum Gasteiger partial charge on any atom is 0.339 e. The molecular weight excluding hydrogens is 232 g/mol. The Labute approximate surface area is 102 Å². The number of hydrogen-bond donors (Lipinski definition) is 1. The highest BCUT2D eigenvalue weighted by molar-refractivity contribution is 5.88. The molecule has 2 aromatic heterocycles. The van der Waals surface area contributed by atoms with Gasteiger partial charge in [-0.2, -0.15) is 5.10 Å². The smallest absolute Gasteiger partial charge is 0.339 e. The first-order valence-corrected chi connectivity index (χ1v) is 5.46. The van der Waals surface area contributed by atoms with Crippen LogP contribution in [0.4, 0.5) is 0 Å². The van der Waals surface area contributed by atoms with Crippen LogP contribution in [0, 0.1) is 0 Å². The van der Waals surface area contributed by atoms with Crippen LogP contribution in [0.25, 0.3) is 10.9 Å². The van der Waals surface area contributed by atoms with E-state index in [1.165, 1.54) is 12.3 Å². The first-order chi connectivity index (χ1) is 8.75. The second-order valence-corrected chi connectivity index (χ2v) is 3.92. The molecule has 5 heteroatoms. The standard InChI is InChI=1S/C13H10N2O3/c16-13(17)10-5-6-18-12(10)8-15-11-4-2-1-3-9(11)7-14-15/h1-7H,8H2,(H,16,17). The van der Waals surface area contributed by atoms with Gasteiger partial charge in [0.25, 0.3) is 0 Å². The molecule has 1 N–H and O–H groups in total. The molecule has 0 fully saturated rings. The highest BCUT2D eigenvalue weighted by Crippen LogP contribution is 2.17. The Bertz CT molecular complexity index is 712. The van der Waals surface area contributed by atoms with Crippen LogP contribution in [0.2, 0.25) is 0 Å². The number of carboxylic acid groups (broad SMARTS) is 1. The normalized spacial score (nSPS) is 10.9. The molecule has 0 saturated heterocycles. The Kier molecular flexibility index (Phi) is 2.37. The first kappa shape index (κ1) is 10.6. The minimum atomic E-state index is -0.991. The number of fused-ring (bicyclic) bond motifs is 1. The summed E-state index contributed by atoms with van der Waals surface area (Å²) in [5.74, 6) is -0.591. The zero-order chi connectivity index (χ0) is 12.5. The molecular formula is C13H10N2O3. The van der Waals surface area contributed by atoms with Crippen LogP contribution in [0.3, 0.4) is 0 Å². The lowest BCUT2D eigenvalue weighted by Crippen LogP contribution is -2.05. The van der Waals surface area contributed by atoms with Crippen molar-refractivity contribution < 1.29 is 14.3 Å². The Morgan fingerprint density at radius 2 is 2.17 bits per heavy atom. The van der Waals surface area contributed by atoms with Crippen molar-refractivity contribution in [3.05, 3.63) is 54.1 Å². The summed E-state index contributed by atoms with van der Waals surface area (Å²) in [5, 5.41) is 14.3. The molecule has 0 amide bonds. The molecule has 0 aliphatic heterocycles. The van der Waals surface area contributed by atoms with Crippen molar-refractivity contribution >= 4 is 16.9 Å². The van der Waals surface area contributed by atoms with Gasteiger partial charge in [-0.1, -0.05) is 18.2 Å². The Hall–Kier alpha value is -2.56. The Morgan fingerprint density at radius 1 is 1.33 bits per heavy atom. The zero-order valence-corrected chi connectivity index (χ0v) is 9.41. The fraction of sp³-hybridized carbons (Fsp3) is 0.0769. The van der Waals surface area contributed by atoms with Gasteiger partial charge in [0.15, 0.2) is 0 Å². The van der Waals surface area contributed by atoms with Gasteiger partial charge in [-0.15, -0.1) is 0 Å². The number of carbonyl (C=O) groups is 1. The van der Waals surface area contributed by atoms with Crippen molar-refractivity contribution in [2.75, 3.05) is 0 Å². The van der Waals surface area contributed by atoms with E-state index in [0.717, 1.165) is 10.9 Å². The topological polar surface area (TPSA) is 68.3 Å². The predicted molar refractivity (Wildman–Crippen MR) is 64.5 cm³/mol. The van der Waals surface area contributed by atoms with Gasteiger partial charge in [-0.05, 0) is 12.1 Å². The van der Waals surface area contributed by atoms with Crippen LogP contribution in [-0.2, 0) is 6.54 Å². The molecule has 0 aliphatic carbocycles. The molecule has 2 heterocycles. The van der Waals surface area contributed by atoms with E-state index in [1.807, 2.05) is 24.3 Å². The molecule has 0 radical (unpaired) electrons. The van der Waals surface area contributed by atoms with Gasteiger partial charge in [-0.25, -0.2) is 4.79 Å². The lowest BCUT2D eigenvalue weighted by atomic mass is 10.2. The molecule has 0 spiro atoms. The number of benzene rings is 1. The summed E-state index contributed by atoms with van der Waals surface area (Å²) < 4.78 is 6.93. The number of furan rings is 1. The van der Waals surface area contributed by atoms with E-state index in [9.17, 15) is 4.79 Å². The van der Waals surface area contributed by atoms with E-state index in [2.05, 4.69) is 5.10 Å². The van der Waals surface area contributed by atoms with Crippen LogP contribution in [0.1, 0.15) is 16.1 Å². The molecule has 0 aliphatic rings. The van der Waals surface area contributed by atoms with E-state index in [4.69, 9.17) is 9.52 Å². The average molecular weight is 242 g/mol. The summed E-state index contributed by atoms with van der Waals surface area (Å²) in [6.45, 7) is 0.308. The van der Waals surface area contributed by atoms with Crippen LogP contribution in [0.5, 0.6) is 0 Å². The molecule has 0 atom stereocenters. The van der Waals surface area contributed by atoms with Crippen molar-refractivity contribution in [1.29, 1.82) is 0 Å². The number of hydrogen-bond acceptors (Lipinski definition) is 3. The maximum absolute atomic E-state index is 11.0. The van der Waals surface area contributed by atoms with Crippen molar-refractivity contribution in [2.24, 2.45) is 0 Å². The lowest BCUT2D eigenvalue weighted by molar-refractivity contribution is 0.0694. The van der Waals surface area contributed by atoms with E-state index in [0.29, 0.717) is 12.3 Å². The van der Waals surface area contributed by atoms with Crippen molar-refractivity contribution in [2.45, 2.75) is 6.54 Å². The third-order valence-electron chi connectivity index (χ3n) is 2.82. The molecule has 90 valence electrons. The third-order valence-corrected chi connectivity index (χ3v) is 2.82. The number of nitrogens with zero attached hydrogens (tertiary/aromatic N) is 2. The fourth-order valence-electron chi connectivity index (χ4n) is 1.94. The van der Waals surface area contributed by atoms with Crippen molar-refractivity contribution in [3.63, 3.8) is 0 Å². The molecule has 0 saturated carbocycles. The summed E-state index contributed by atoms with van der Waals surface area (Å²) in [6, 6.07) is 9.19. The number of aromatic carboxylic acids is 1. The summed E-state index contributed by atoms with van der Waals surface area (Å²) >= 11 is 0. The summed E-state index contributed by atoms with van der Waals surface area (Å²) in [7, 11) is 0. The highest BCUT2D eigenvalue weighted by atomic mass is 16.4. The lowest BCUT2D eigenvalue weighted by Gasteiger charge is -2.02. The largest absolute Gasteiger partial charge is 0.478 e. The minimum Gasteiger partial charge on any atom is -0.478 e. The van der Waals surface area contributed by atoms with Gasteiger partial charge in [0.2, 0.25) is 0 Å². The van der Waals surface area contributed by atoms with Gasteiger partial charge in [0.1, 0.15) is 17.9 Å². The molecule has 1 aromatic carbocycles. The number of para-hydroxylation sites is 1. The van der Waals surface area contributed by atoms with Gasteiger partial charge in [-0.3, -0.25) is 4.68 Å². The van der Waals surface area contributed by atoms with E-state index < -0.39 is 5.97 Å². The van der Waals surface area contributed by atoms with Gasteiger partial charge < -0.3 is 9.52 Å². The van der Waals surface area contributed by atoms with Crippen LogP contribution < -0.4 is 0 Å². The molecule has 0 bridgehead atoms. The number of carboxylic acids is 1. The van der Waals surface area contributed by atoms with Gasteiger partial charge >= 0.3 is 5.97 Å². The second kappa shape index (κ2) is 4.03. The average Bonchev–Trinajstić information content (AvgIpc) is 2.97. The Morgan fingerprint density at radius 3 is 3.00 bits per heavy atom. The second-order valence-electron chi connectivity index (χ2n) is 3.92. The molecule has 18 heavy (non-hydrogen) atoms. The van der Waals surface area contributed by atoms with E-state index in [-0.39, 0.29) is 5.56 Å². The van der Waals surface area contributed by atoms with Gasteiger partial charge in [0.05, 0.1) is 18.0 Å². The predicted octanol–water partition coefficient (Wildman–Crippen LogP) is 2.38. The van der Waals surface area contributed by atoms with E-state index in [1.54, 1.807) is 10.9 Å². The fourth-order valence-corrected chi connectivity index (χ4v) is 1.94. The maximum atomic E-state index is 11.0. The highest BCUT2D eigenvalue weighted by Gasteiger charge is 2.14. The third kappa shape index (κ3) is 1.66. The number of rotatable bonds is 3. The van der Waals surface area contributed by atoms with E-state index >= 15 is 0 Å².